The van der Waals surface area contributed by atoms with Crippen LogP contribution < -0.4 is 5.32 Å². The van der Waals surface area contributed by atoms with Crippen molar-refractivity contribution in [1.29, 1.82) is 0 Å². The van der Waals surface area contributed by atoms with Crippen LogP contribution in [0.3, 0.4) is 0 Å². The van der Waals surface area contributed by atoms with Gasteiger partial charge in [0.25, 0.3) is 0 Å². The van der Waals surface area contributed by atoms with Crippen molar-refractivity contribution in [2.45, 2.75) is 58.7 Å². The van der Waals surface area contributed by atoms with Crippen molar-refractivity contribution in [3.8, 4) is 0 Å². The Morgan fingerprint density at radius 2 is 1.95 bits per heavy atom. The van der Waals surface area contributed by atoms with E-state index >= 15 is 0 Å². The van der Waals surface area contributed by atoms with Gasteiger partial charge in [-0.1, -0.05) is 43.2 Å². The van der Waals surface area contributed by atoms with Gasteiger partial charge in [-0.2, -0.15) is 0 Å². The van der Waals surface area contributed by atoms with Gasteiger partial charge in [0.1, 0.15) is 0 Å². The Balaban J connectivity index is 2.06. The summed E-state index contributed by atoms with van der Waals surface area (Å²) in [4.78, 5) is 2.66. The third kappa shape index (κ3) is 4.05. The van der Waals surface area contributed by atoms with E-state index in [9.17, 15) is 0 Å². The molecule has 0 radical (unpaired) electrons. The molecule has 1 aromatic carbocycles. The first-order valence-electron chi connectivity index (χ1n) is 7.55. The SMILES string of the molecule is CCCC1CNC(C)(C)CN1Cc1ccc(C)cc1. The quantitative estimate of drug-likeness (QED) is 0.893. The Kier molecular flexibility index (Phi) is 4.64. The first-order chi connectivity index (χ1) is 9.00. The Labute approximate surface area is 118 Å². The summed E-state index contributed by atoms with van der Waals surface area (Å²) in [6.07, 6.45) is 2.55. The van der Waals surface area contributed by atoms with Crippen molar-refractivity contribution < 1.29 is 0 Å². The second-order valence-electron chi connectivity index (χ2n) is 6.60. The lowest BCUT2D eigenvalue weighted by Gasteiger charge is -2.44. The Morgan fingerprint density at radius 3 is 2.58 bits per heavy atom. The molecular formula is C17H28N2. The number of benzene rings is 1. The van der Waals surface area contributed by atoms with Crippen LogP contribution in [0.2, 0.25) is 0 Å². The largest absolute Gasteiger partial charge is 0.309 e. The monoisotopic (exact) mass is 260 g/mol. The van der Waals surface area contributed by atoms with Crippen molar-refractivity contribution in [3.05, 3.63) is 35.4 Å². The van der Waals surface area contributed by atoms with E-state index in [2.05, 4.69) is 62.2 Å². The zero-order valence-electron chi connectivity index (χ0n) is 12.9. The molecule has 0 aromatic heterocycles. The van der Waals surface area contributed by atoms with Crippen molar-refractivity contribution in [2.75, 3.05) is 13.1 Å². The lowest BCUT2D eigenvalue weighted by Crippen LogP contribution is -2.61. The number of rotatable bonds is 4. The van der Waals surface area contributed by atoms with Gasteiger partial charge in [-0.15, -0.1) is 0 Å². The standard InChI is InChI=1S/C17H28N2/c1-5-6-16-11-18-17(3,4)13-19(16)12-15-9-7-14(2)8-10-15/h7-10,16,18H,5-6,11-13H2,1-4H3. The molecule has 0 amide bonds. The van der Waals surface area contributed by atoms with E-state index < -0.39 is 0 Å². The molecule has 0 spiro atoms. The molecule has 0 aliphatic carbocycles. The van der Waals surface area contributed by atoms with E-state index in [0.29, 0.717) is 6.04 Å². The van der Waals surface area contributed by atoms with Crippen LogP contribution >= 0.6 is 0 Å². The van der Waals surface area contributed by atoms with E-state index in [1.807, 2.05) is 0 Å². The predicted molar refractivity (Wildman–Crippen MR) is 82.4 cm³/mol. The van der Waals surface area contributed by atoms with Gasteiger partial charge in [0.15, 0.2) is 0 Å². The van der Waals surface area contributed by atoms with Crippen LogP contribution in [0.15, 0.2) is 24.3 Å². The third-order valence-corrected chi connectivity index (χ3v) is 4.06. The summed E-state index contributed by atoms with van der Waals surface area (Å²) in [5, 5.41) is 3.68. The maximum Gasteiger partial charge on any atom is 0.0253 e. The smallest absolute Gasteiger partial charge is 0.0253 e. The van der Waals surface area contributed by atoms with Crippen molar-refractivity contribution in [1.82, 2.24) is 10.2 Å². The normalized spacial score (nSPS) is 23.5. The Hall–Kier alpha value is -0.860. The molecule has 1 N–H and O–H groups in total. The van der Waals surface area contributed by atoms with Crippen molar-refractivity contribution >= 4 is 0 Å². The van der Waals surface area contributed by atoms with Gasteiger partial charge < -0.3 is 5.32 Å². The fourth-order valence-electron chi connectivity index (χ4n) is 2.95. The van der Waals surface area contributed by atoms with Crippen LogP contribution in [0.1, 0.15) is 44.7 Å². The molecule has 1 saturated heterocycles. The molecule has 1 aliphatic rings. The molecule has 19 heavy (non-hydrogen) atoms. The van der Waals surface area contributed by atoms with Crippen molar-refractivity contribution in [3.63, 3.8) is 0 Å². The lowest BCUT2D eigenvalue weighted by molar-refractivity contribution is 0.0827. The number of hydrogen-bond acceptors (Lipinski definition) is 2. The van der Waals surface area contributed by atoms with Gasteiger partial charge >= 0.3 is 0 Å². The predicted octanol–water partition coefficient (Wildman–Crippen LogP) is 3.35. The summed E-state index contributed by atoms with van der Waals surface area (Å²) in [5.74, 6) is 0. The summed E-state index contributed by atoms with van der Waals surface area (Å²) in [7, 11) is 0. The summed E-state index contributed by atoms with van der Waals surface area (Å²) in [6.45, 7) is 12.4. The average Bonchev–Trinajstić information content (AvgIpc) is 2.35. The molecule has 2 rings (SSSR count). The fourth-order valence-corrected chi connectivity index (χ4v) is 2.95. The zero-order valence-corrected chi connectivity index (χ0v) is 12.9. The van der Waals surface area contributed by atoms with Crippen LogP contribution in [0, 0.1) is 6.92 Å². The molecule has 2 nitrogen and oxygen atoms in total. The van der Waals surface area contributed by atoms with E-state index in [1.54, 1.807) is 0 Å². The Morgan fingerprint density at radius 1 is 1.26 bits per heavy atom. The van der Waals surface area contributed by atoms with E-state index in [-0.39, 0.29) is 5.54 Å². The highest BCUT2D eigenvalue weighted by molar-refractivity contribution is 5.21. The van der Waals surface area contributed by atoms with Crippen LogP contribution in [0.4, 0.5) is 0 Å². The van der Waals surface area contributed by atoms with Gasteiger partial charge in [0, 0.05) is 31.2 Å². The minimum atomic E-state index is 0.231. The molecule has 1 unspecified atom stereocenters. The molecule has 106 valence electrons. The van der Waals surface area contributed by atoms with Gasteiger partial charge in [-0.3, -0.25) is 4.90 Å². The van der Waals surface area contributed by atoms with Crippen LogP contribution in [0.5, 0.6) is 0 Å². The molecule has 1 aromatic rings. The van der Waals surface area contributed by atoms with E-state index in [0.717, 1.165) is 19.6 Å². The molecule has 0 saturated carbocycles. The van der Waals surface area contributed by atoms with Gasteiger partial charge in [0.05, 0.1) is 0 Å². The molecule has 1 fully saturated rings. The first kappa shape index (κ1) is 14.5. The first-order valence-corrected chi connectivity index (χ1v) is 7.55. The molecule has 2 heteroatoms. The van der Waals surface area contributed by atoms with Gasteiger partial charge in [-0.25, -0.2) is 0 Å². The number of nitrogens with one attached hydrogen (secondary N) is 1. The number of piperazine rings is 1. The van der Waals surface area contributed by atoms with Crippen molar-refractivity contribution in [2.24, 2.45) is 0 Å². The molecule has 1 heterocycles. The van der Waals surface area contributed by atoms with E-state index in [1.165, 1.54) is 24.0 Å². The number of hydrogen-bond donors (Lipinski definition) is 1. The highest BCUT2D eigenvalue weighted by atomic mass is 15.2. The second kappa shape index (κ2) is 6.06. The number of nitrogens with zero attached hydrogens (tertiary/aromatic N) is 1. The molecular weight excluding hydrogens is 232 g/mol. The maximum absolute atomic E-state index is 3.68. The highest BCUT2D eigenvalue weighted by Crippen LogP contribution is 2.20. The van der Waals surface area contributed by atoms with Crippen LogP contribution in [0.25, 0.3) is 0 Å². The summed E-state index contributed by atoms with van der Waals surface area (Å²) >= 11 is 0. The highest BCUT2D eigenvalue weighted by Gasteiger charge is 2.31. The summed E-state index contributed by atoms with van der Waals surface area (Å²) in [6, 6.07) is 9.66. The number of aryl methyl sites for hydroxylation is 1. The van der Waals surface area contributed by atoms with Gasteiger partial charge in [-0.05, 0) is 32.8 Å². The minimum Gasteiger partial charge on any atom is -0.309 e. The summed E-state index contributed by atoms with van der Waals surface area (Å²) < 4.78 is 0. The summed E-state index contributed by atoms with van der Waals surface area (Å²) in [5.41, 5.74) is 3.01. The Bertz CT molecular complexity index is 394. The van der Waals surface area contributed by atoms with Gasteiger partial charge in [0.2, 0.25) is 0 Å². The third-order valence-electron chi connectivity index (χ3n) is 4.06. The van der Waals surface area contributed by atoms with Crippen LogP contribution in [-0.2, 0) is 6.54 Å². The maximum atomic E-state index is 3.68. The average molecular weight is 260 g/mol. The van der Waals surface area contributed by atoms with E-state index in [4.69, 9.17) is 0 Å². The van der Waals surface area contributed by atoms with Crippen LogP contribution in [-0.4, -0.2) is 29.6 Å². The minimum absolute atomic E-state index is 0.231. The second-order valence-corrected chi connectivity index (χ2v) is 6.60. The topological polar surface area (TPSA) is 15.3 Å². The molecule has 0 bridgehead atoms. The lowest BCUT2D eigenvalue weighted by atomic mass is 9.96. The molecule has 1 atom stereocenters. The molecule has 1 aliphatic heterocycles. The fraction of sp³-hybridized carbons (Fsp3) is 0.647. The zero-order chi connectivity index (χ0) is 13.9.